The summed E-state index contributed by atoms with van der Waals surface area (Å²) in [4.78, 5) is 34.2. The minimum atomic E-state index is -3.96. The molecule has 1 atom stereocenters. The van der Waals surface area contributed by atoms with Gasteiger partial charge in [0.2, 0.25) is 10.0 Å². The Bertz CT molecular complexity index is 735. The number of nitrogens with one attached hydrogen (secondary N) is 3. The van der Waals surface area contributed by atoms with Gasteiger partial charge in [-0.05, 0) is 38.1 Å². The zero-order valence-electron chi connectivity index (χ0n) is 13.5. The Labute approximate surface area is 150 Å². The Hall–Kier alpha value is -2.17. The van der Waals surface area contributed by atoms with Crippen molar-refractivity contribution >= 4 is 39.5 Å². The summed E-state index contributed by atoms with van der Waals surface area (Å²) < 4.78 is 31.0. The van der Waals surface area contributed by atoms with E-state index in [1.807, 2.05) is 5.32 Å². The standard InChI is InChI=1S/C14H18ClN3O6S/c1-3-16-14(21)17-12(19)8-24-13(20)9(2)18-25(22,23)11-6-4-10(15)5-7-11/h4-7,9,18H,3,8H2,1-2H3,(H2,16,17,19,21)/t9-/m0/s1. The first-order valence-electron chi connectivity index (χ1n) is 7.18. The van der Waals surface area contributed by atoms with Crippen molar-refractivity contribution in [2.75, 3.05) is 13.2 Å². The van der Waals surface area contributed by atoms with Crippen molar-refractivity contribution in [3.8, 4) is 0 Å². The summed E-state index contributed by atoms with van der Waals surface area (Å²) in [6.07, 6.45) is 0. The van der Waals surface area contributed by atoms with Gasteiger partial charge in [0, 0.05) is 11.6 Å². The predicted octanol–water partition coefficient (Wildman–Crippen LogP) is 0.396. The fourth-order valence-electron chi connectivity index (χ4n) is 1.59. The van der Waals surface area contributed by atoms with Crippen LogP contribution in [0.5, 0.6) is 0 Å². The van der Waals surface area contributed by atoms with E-state index in [9.17, 15) is 22.8 Å². The van der Waals surface area contributed by atoms with Crippen molar-refractivity contribution in [1.29, 1.82) is 0 Å². The number of esters is 1. The van der Waals surface area contributed by atoms with Crippen LogP contribution in [0.25, 0.3) is 0 Å². The van der Waals surface area contributed by atoms with Gasteiger partial charge >= 0.3 is 12.0 Å². The van der Waals surface area contributed by atoms with Crippen LogP contribution < -0.4 is 15.4 Å². The van der Waals surface area contributed by atoms with E-state index in [1.165, 1.54) is 31.2 Å². The summed E-state index contributed by atoms with van der Waals surface area (Å²) in [5.41, 5.74) is 0. The van der Waals surface area contributed by atoms with Crippen LogP contribution in [-0.2, 0) is 24.3 Å². The molecule has 0 radical (unpaired) electrons. The first-order chi connectivity index (χ1) is 11.7. The summed E-state index contributed by atoms with van der Waals surface area (Å²) in [6, 6.07) is 3.39. The van der Waals surface area contributed by atoms with Crippen LogP contribution in [0.15, 0.2) is 29.2 Å². The number of amides is 3. The Balaban J connectivity index is 2.55. The highest BCUT2D eigenvalue weighted by atomic mass is 35.5. The van der Waals surface area contributed by atoms with Gasteiger partial charge in [-0.25, -0.2) is 13.2 Å². The number of halogens is 1. The van der Waals surface area contributed by atoms with Gasteiger partial charge in [0.1, 0.15) is 6.04 Å². The second kappa shape index (κ2) is 9.35. The number of ether oxygens (including phenoxy) is 1. The van der Waals surface area contributed by atoms with Crippen molar-refractivity contribution in [2.45, 2.75) is 24.8 Å². The highest BCUT2D eigenvalue weighted by Crippen LogP contribution is 2.14. The number of hydrogen-bond acceptors (Lipinski definition) is 6. The third-order valence-electron chi connectivity index (χ3n) is 2.75. The third kappa shape index (κ3) is 7.08. The van der Waals surface area contributed by atoms with E-state index >= 15 is 0 Å². The van der Waals surface area contributed by atoms with E-state index in [-0.39, 0.29) is 4.90 Å². The SMILES string of the molecule is CCNC(=O)NC(=O)COC(=O)[C@H](C)NS(=O)(=O)c1ccc(Cl)cc1. The zero-order valence-corrected chi connectivity index (χ0v) is 15.1. The van der Waals surface area contributed by atoms with E-state index < -0.39 is 40.6 Å². The summed E-state index contributed by atoms with van der Waals surface area (Å²) >= 11 is 5.69. The molecule has 0 aliphatic heterocycles. The summed E-state index contributed by atoms with van der Waals surface area (Å²) in [7, 11) is -3.96. The molecule has 1 aromatic carbocycles. The quantitative estimate of drug-likeness (QED) is 0.576. The highest BCUT2D eigenvalue weighted by Gasteiger charge is 2.23. The second-order valence-corrected chi connectivity index (χ2v) is 6.96. The van der Waals surface area contributed by atoms with Crippen LogP contribution in [0.1, 0.15) is 13.8 Å². The maximum absolute atomic E-state index is 12.1. The van der Waals surface area contributed by atoms with Crippen LogP contribution in [0, 0.1) is 0 Å². The molecule has 0 aromatic heterocycles. The van der Waals surface area contributed by atoms with Gasteiger partial charge in [-0.1, -0.05) is 11.6 Å². The largest absolute Gasteiger partial charge is 0.454 e. The smallest absolute Gasteiger partial charge is 0.324 e. The minimum Gasteiger partial charge on any atom is -0.454 e. The molecule has 0 unspecified atom stereocenters. The number of carbonyl (C=O) groups excluding carboxylic acids is 3. The molecule has 0 saturated heterocycles. The fourth-order valence-corrected chi connectivity index (χ4v) is 2.91. The first-order valence-corrected chi connectivity index (χ1v) is 9.04. The number of hydrogen-bond donors (Lipinski definition) is 3. The number of urea groups is 1. The Morgan fingerprint density at radius 3 is 2.36 bits per heavy atom. The van der Waals surface area contributed by atoms with Crippen molar-refractivity contribution in [2.24, 2.45) is 0 Å². The molecule has 0 aliphatic carbocycles. The molecule has 1 rings (SSSR count). The maximum atomic E-state index is 12.1. The molecular weight excluding hydrogens is 374 g/mol. The van der Waals surface area contributed by atoms with Crippen LogP contribution in [0.2, 0.25) is 5.02 Å². The lowest BCUT2D eigenvalue weighted by Crippen LogP contribution is -2.43. The van der Waals surface area contributed by atoms with E-state index in [1.54, 1.807) is 6.92 Å². The molecular formula is C14H18ClN3O6S. The molecule has 11 heteroatoms. The predicted molar refractivity (Wildman–Crippen MR) is 89.4 cm³/mol. The van der Waals surface area contributed by atoms with Crippen LogP contribution >= 0.6 is 11.6 Å². The van der Waals surface area contributed by atoms with Gasteiger partial charge in [-0.2, -0.15) is 4.72 Å². The molecule has 0 heterocycles. The molecule has 0 fully saturated rings. The average Bonchev–Trinajstić information content (AvgIpc) is 2.52. The number of sulfonamides is 1. The van der Waals surface area contributed by atoms with Gasteiger partial charge in [0.15, 0.2) is 6.61 Å². The van der Waals surface area contributed by atoms with E-state index in [2.05, 4.69) is 14.8 Å². The zero-order chi connectivity index (χ0) is 19.0. The second-order valence-electron chi connectivity index (χ2n) is 4.81. The molecule has 25 heavy (non-hydrogen) atoms. The lowest BCUT2D eigenvalue weighted by molar-refractivity contribution is -0.149. The summed E-state index contributed by atoms with van der Waals surface area (Å²) in [5.74, 6) is -1.81. The van der Waals surface area contributed by atoms with Crippen LogP contribution in [0.3, 0.4) is 0 Å². The highest BCUT2D eigenvalue weighted by molar-refractivity contribution is 7.89. The van der Waals surface area contributed by atoms with Crippen molar-refractivity contribution < 1.29 is 27.5 Å². The molecule has 3 amide bonds. The van der Waals surface area contributed by atoms with Crippen LogP contribution in [-0.4, -0.2) is 45.5 Å². The van der Waals surface area contributed by atoms with Crippen molar-refractivity contribution in [1.82, 2.24) is 15.4 Å². The van der Waals surface area contributed by atoms with E-state index in [0.29, 0.717) is 11.6 Å². The number of carbonyl (C=O) groups is 3. The molecule has 1 aromatic rings. The molecule has 0 spiro atoms. The number of rotatable bonds is 7. The van der Waals surface area contributed by atoms with Gasteiger partial charge < -0.3 is 10.1 Å². The van der Waals surface area contributed by atoms with Crippen molar-refractivity contribution in [3.63, 3.8) is 0 Å². The minimum absolute atomic E-state index is 0.0782. The molecule has 9 nitrogen and oxygen atoms in total. The lowest BCUT2D eigenvalue weighted by atomic mass is 10.4. The van der Waals surface area contributed by atoms with Crippen LogP contribution in [0.4, 0.5) is 4.79 Å². The molecule has 0 bridgehead atoms. The molecule has 0 saturated carbocycles. The molecule has 138 valence electrons. The van der Waals surface area contributed by atoms with Crippen molar-refractivity contribution in [3.05, 3.63) is 29.3 Å². The maximum Gasteiger partial charge on any atom is 0.324 e. The average molecular weight is 392 g/mol. The van der Waals surface area contributed by atoms with E-state index in [0.717, 1.165) is 0 Å². The Morgan fingerprint density at radius 2 is 1.80 bits per heavy atom. The lowest BCUT2D eigenvalue weighted by Gasteiger charge is -2.13. The monoisotopic (exact) mass is 391 g/mol. The van der Waals surface area contributed by atoms with Gasteiger partial charge in [-0.15, -0.1) is 0 Å². The van der Waals surface area contributed by atoms with Gasteiger partial charge in [0.05, 0.1) is 4.90 Å². The third-order valence-corrected chi connectivity index (χ3v) is 4.55. The first kappa shape index (κ1) is 20.9. The number of imide groups is 1. The number of benzene rings is 1. The van der Waals surface area contributed by atoms with E-state index in [4.69, 9.17) is 11.6 Å². The summed E-state index contributed by atoms with van der Waals surface area (Å²) in [6.45, 7) is 2.53. The topological polar surface area (TPSA) is 131 Å². The molecule has 0 aliphatic rings. The Kier molecular flexibility index (Phi) is 7.81. The molecule has 3 N–H and O–H groups in total. The van der Waals surface area contributed by atoms with Gasteiger partial charge in [0.25, 0.3) is 5.91 Å². The summed E-state index contributed by atoms with van der Waals surface area (Å²) in [5, 5.41) is 4.63. The fraction of sp³-hybridized carbons (Fsp3) is 0.357. The normalized spacial score (nSPS) is 12.1. The Morgan fingerprint density at radius 1 is 1.20 bits per heavy atom. The van der Waals surface area contributed by atoms with Gasteiger partial charge in [-0.3, -0.25) is 14.9 Å².